The largest absolute Gasteiger partial charge is 0.480 e. The third kappa shape index (κ3) is 5.52. The molecule has 1 atom stereocenters. The van der Waals surface area contributed by atoms with E-state index in [9.17, 15) is 14.4 Å². The maximum absolute atomic E-state index is 11.9. The first-order chi connectivity index (χ1) is 9.79. The fraction of sp³-hybridized carbons (Fsp3) is 0.357. The summed E-state index contributed by atoms with van der Waals surface area (Å²) in [7, 11) is 0. The standard InChI is InChI=1S/C14H19N3O4/c1-8(2)15-14(21)17-11-6-4-5-10(7-11)12(18)16-9(3)13(19)20/h4-9H,1-3H3,(H,16,18)(H,19,20)(H2,15,17,21)/t9-/m1/s1. The average molecular weight is 293 g/mol. The van der Waals surface area contributed by atoms with Crippen molar-refractivity contribution in [3.05, 3.63) is 29.8 Å². The van der Waals surface area contributed by atoms with E-state index in [1.807, 2.05) is 13.8 Å². The molecule has 0 aliphatic carbocycles. The van der Waals surface area contributed by atoms with Crippen LogP contribution in [0.4, 0.5) is 10.5 Å². The number of rotatable bonds is 5. The second kappa shape index (κ2) is 7.28. The monoisotopic (exact) mass is 293 g/mol. The van der Waals surface area contributed by atoms with Crippen molar-refractivity contribution >= 4 is 23.6 Å². The second-order valence-corrected chi connectivity index (χ2v) is 4.87. The molecule has 1 aromatic carbocycles. The number of carbonyl (C=O) groups is 3. The number of hydrogen-bond acceptors (Lipinski definition) is 3. The molecule has 0 bridgehead atoms. The van der Waals surface area contributed by atoms with Crippen LogP contribution in [-0.2, 0) is 4.79 Å². The molecule has 0 radical (unpaired) electrons. The molecule has 0 heterocycles. The molecule has 21 heavy (non-hydrogen) atoms. The molecule has 0 saturated heterocycles. The van der Waals surface area contributed by atoms with E-state index >= 15 is 0 Å². The topological polar surface area (TPSA) is 108 Å². The quantitative estimate of drug-likeness (QED) is 0.658. The van der Waals surface area contributed by atoms with Gasteiger partial charge < -0.3 is 21.1 Å². The van der Waals surface area contributed by atoms with E-state index in [1.54, 1.807) is 12.1 Å². The first-order valence-electron chi connectivity index (χ1n) is 6.51. The molecule has 4 N–H and O–H groups in total. The summed E-state index contributed by atoms with van der Waals surface area (Å²) in [5, 5.41) is 16.4. The third-order valence-corrected chi connectivity index (χ3v) is 2.52. The fourth-order valence-corrected chi connectivity index (χ4v) is 1.51. The van der Waals surface area contributed by atoms with Crippen LogP contribution in [0.2, 0.25) is 0 Å². The Hall–Kier alpha value is -2.57. The van der Waals surface area contributed by atoms with Crippen molar-refractivity contribution < 1.29 is 19.5 Å². The third-order valence-electron chi connectivity index (χ3n) is 2.52. The van der Waals surface area contributed by atoms with Crippen LogP contribution in [0.15, 0.2) is 24.3 Å². The van der Waals surface area contributed by atoms with Gasteiger partial charge in [0.1, 0.15) is 6.04 Å². The molecule has 1 aromatic rings. The summed E-state index contributed by atoms with van der Waals surface area (Å²) in [6.45, 7) is 5.03. The molecule has 0 fully saturated rings. The van der Waals surface area contributed by atoms with Gasteiger partial charge >= 0.3 is 12.0 Å². The van der Waals surface area contributed by atoms with E-state index < -0.39 is 17.9 Å². The number of nitrogens with one attached hydrogen (secondary N) is 3. The lowest BCUT2D eigenvalue weighted by atomic mass is 10.1. The van der Waals surface area contributed by atoms with Crippen molar-refractivity contribution in [2.75, 3.05) is 5.32 Å². The zero-order valence-electron chi connectivity index (χ0n) is 12.1. The molecule has 3 amide bonds. The summed E-state index contributed by atoms with van der Waals surface area (Å²) in [4.78, 5) is 34.1. The Morgan fingerprint density at radius 2 is 1.76 bits per heavy atom. The van der Waals surface area contributed by atoms with E-state index in [0.29, 0.717) is 5.69 Å². The first-order valence-corrected chi connectivity index (χ1v) is 6.51. The molecule has 0 unspecified atom stereocenters. The number of benzene rings is 1. The summed E-state index contributed by atoms with van der Waals surface area (Å²) < 4.78 is 0. The maximum Gasteiger partial charge on any atom is 0.325 e. The molecule has 0 spiro atoms. The Morgan fingerprint density at radius 1 is 1.10 bits per heavy atom. The van der Waals surface area contributed by atoms with Gasteiger partial charge in [-0.15, -0.1) is 0 Å². The van der Waals surface area contributed by atoms with E-state index in [0.717, 1.165) is 0 Å². The molecule has 0 aliphatic rings. The number of carboxylic acids is 1. The number of amides is 3. The lowest BCUT2D eigenvalue weighted by Gasteiger charge is -2.12. The summed E-state index contributed by atoms with van der Waals surface area (Å²) in [5.74, 6) is -1.63. The van der Waals surface area contributed by atoms with Gasteiger partial charge in [0.25, 0.3) is 5.91 Å². The van der Waals surface area contributed by atoms with E-state index in [1.165, 1.54) is 19.1 Å². The molecule has 0 aliphatic heterocycles. The Balaban J connectivity index is 2.74. The highest BCUT2D eigenvalue weighted by Crippen LogP contribution is 2.11. The Bertz CT molecular complexity index is 543. The van der Waals surface area contributed by atoms with Crippen LogP contribution in [0.3, 0.4) is 0 Å². The normalized spacial score (nSPS) is 11.6. The zero-order valence-corrected chi connectivity index (χ0v) is 12.1. The SMILES string of the molecule is CC(C)NC(=O)Nc1cccc(C(=O)N[C@H](C)C(=O)O)c1. The van der Waals surface area contributed by atoms with Crippen LogP contribution in [0, 0.1) is 0 Å². The van der Waals surface area contributed by atoms with Gasteiger partial charge in [0, 0.05) is 17.3 Å². The Labute approximate surface area is 122 Å². The number of anilines is 1. The maximum atomic E-state index is 11.9. The number of carbonyl (C=O) groups excluding carboxylic acids is 2. The number of hydrogen-bond donors (Lipinski definition) is 4. The smallest absolute Gasteiger partial charge is 0.325 e. The van der Waals surface area contributed by atoms with Crippen LogP contribution >= 0.6 is 0 Å². The molecule has 1 rings (SSSR count). The predicted molar refractivity (Wildman–Crippen MR) is 78.3 cm³/mol. The fourth-order valence-electron chi connectivity index (χ4n) is 1.51. The highest BCUT2D eigenvalue weighted by atomic mass is 16.4. The average Bonchev–Trinajstić information content (AvgIpc) is 2.37. The molecule has 0 aromatic heterocycles. The van der Waals surface area contributed by atoms with Crippen molar-refractivity contribution in [3.63, 3.8) is 0 Å². The predicted octanol–water partition coefficient (Wildman–Crippen LogP) is 1.42. The van der Waals surface area contributed by atoms with Gasteiger partial charge in [0.15, 0.2) is 0 Å². The lowest BCUT2D eigenvalue weighted by molar-refractivity contribution is -0.138. The number of urea groups is 1. The highest BCUT2D eigenvalue weighted by Gasteiger charge is 2.15. The molecule has 0 saturated carbocycles. The van der Waals surface area contributed by atoms with Crippen LogP contribution in [-0.4, -0.2) is 35.1 Å². The summed E-state index contributed by atoms with van der Waals surface area (Å²) in [6.07, 6.45) is 0. The van der Waals surface area contributed by atoms with Gasteiger partial charge in [0.05, 0.1) is 0 Å². The van der Waals surface area contributed by atoms with Gasteiger partial charge in [-0.2, -0.15) is 0 Å². The molecule has 7 heteroatoms. The van der Waals surface area contributed by atoms with E-state index in [2.05, 4.69) is 16.0 Å². The van der Waals surface area contributed by atoms with Crippen molar-refractivity contribution in [2.24, 2.45) is 0 Å². The van der Waals surface area contributed by atoms with Gasteiger partial charge in [-0.25, -0.2) is 4.79 Å². The summed E-state index contributed by atoms with van der Waals surface area (Å²) in [5.41, 5.74) is 0.717. The molecular weight excluding hydrogens is 274 g/mol. The minimum atomic E-state index is -1.12. The van der Waals surface area contributed by atoms with Crippen molar-refractivity contribution in [2.45, 2.75) is 32.9 Å². The van der Waals surface area contributed by atoms with E-state index in [-0.39, 0.29) is 17.6 Å². The van der Waals surface area contributed by atoms with Crippen LogP contribution in [0.25, 0.3) is 0 Å². The van der Waals surface area contributed by atoms with Crippen molar-refractivity contribution in [3.8, 4) is 0 Å². The van der Waals surface area contributed by atoms with Gasteiger partial charge in [0.2, 0.25) is 0 Å². The minimum absolute atomic E-state index is 0.00658. The Kier molecular flexibility index (Phi) is 5.71. The van der Waals surface area contributed by atoms with Gasteiger partial charge in [-0.05, 0) is 39.0 Å². The number of carboxylic acid groups (broad SMARTS) is 1. The lowest BCUT2D eigenvalue weighted by Crippen LogP contribution is -2.38. The summed E-state index contributed by atoms with van der Waals surface area (Å²) in [6, 6.07) is 4.88. The Morgan fingerprint density at radius 3 is 2.33 bits per heavy atom. The minimum Gasteiger partial charge on any atom is -0.480 e. The van der Waals surface area contributed by atoms with E-state index in [4.69, 9.17) is 5.11 Å². The van der Waals surface area contributed by atoms with Crippen LogP contribution in [0.5, 0.6) is 0 Å². The second-order valence-electron chi connectivity index (χ2n) is 4.87. The van der Waals surface area contributed by atoms with Crippen LogP contribution in [0.1, 0.15) is 31.1 Å². The molecular formula is C14H19N3O4. The first kappa shape index (κ1) is 16.5. The molecule has 7 nitrogen and oxygen atoms in total. The highest BCUT2D eigenvalue weighted by molar-refractivity contribution is 5.98. The molecule has 114 valence electrons. The van der Waals surface area contributed by atoms with Gasteiger partial charge in [-0.3, -0.25) is 9.59 Å². The number of aliphatic carboxylic acids is 1. The van der Waals surface area contributed by atoms with Gasteiger partial charge in [-0.1, -0.05) is 6.07 Å². The van der Waals surface area contributed by atoms with Crippen molar-refractivity contribution in [1.82, 2.24) is 10.6 Å². The van der Waals surface area contributed by atoms with Crippen molar-refractivity contribution in [1.29, 1.82) is 0 Å². The zero-order chi connectivity index (χ0) is 16.0. The summed E-state index contributed by atoms with van der Waals surface area (Å²) >= 11 is 0. The van der Waals surface area contributed by atoms with Crippen LogP contribution < -0.4 is 16.0 Å².